The Hall–Kier alpha value is -2.86. The molecule has 0 saturated carbocycles. The number of carbonyl (C=O) groups excluding carboxylic acids is 2. The summed E-state index contributed by atoms with van der Waals surface area (Å²) in [6, 6.07) is 10.2. The number of rotatable bonds is 2. The predicted octanol–water partition coefficient (Wildman–Crippen LogP) is 5.12. The van der Waals surface area contributed by atoms with E-state index in [-0.39, 0.29) is 10.7 Å². The molecule has 4 rings (SSSR count). The van der Waals surface area contributed by atoms with Crippen molar-refractivity contribution >= 4 is 40.0 Å². The molecule has 3 aromatic rings. The van der Waals surface area contributed by atoms with Gasteiger partial charge in [-0.05, 0) is 34.4 Å². The number of aromatic nitrogens is 1. The van der Waals surface area contributed by atoms with Gasteiger partial charge in [-0.2, -0.15) is 0 Å². The maximum Gasteiger partial charge on any atom is 0.290 e. The van der Waals surface area contributed by atoms with Crippen LogP contribution >= 0.6 is 11.8 Å². The highest BCUT2D eigenvalue weighted by molar-refractivity contribution is 8.18. The summed E-state index contributed by atoms with van der Waals surface area (Å²) in [7, 11) is 0. The number of thioether (sulfide) groups is 1. The van der Waals surface area contributed by atoms with Gasteiger partial charge >= 0.3 is 0 Å². The molecule has 1 saturated heterocycles. The van der Waals surface area contributed by atoms with Gasteiger partial charge in [0.2, 0.25) is 0 Å². The molecule has 0 spiro atoms. The Labute approximate surface area is 160 Å². The van der Waals surface area contributed by atoms with Gasteiger partial charge in [0.05, 0.1) is 4.91 Å². The summed E-state index contributed by atoms with van der Waals surface area (Å²) in [5, 5.41) is 2.71. The van der Waals surface area contributed by atoms with E-state index in [1.807, 2.05) is 6.07 Å². The number of amides is 2. The van der Waals surface area contributed by atoms with Crippen molar-refractivity contribution in [2.24, 2.45) is 0 Å². The molecule has 6 heteroatoms. The summed E-state index contributed by atoms with van der Waals surface area (Å²) in [5.41, 5.74) is 3.94. The number of hydrogen-bond acceptors (Lipinski definition) is 5. The molecule has 0 radical (unpaired) electrons. The number of nitrogens with one attached hydrogen (secondary N) is 1. The molecule has 2 aromatic heterocycles. The summed E-state index contributed by atoms with van der Waals surface area (Å²) in [5.74, 6) is 0.111. The smallest absolute Gasteiger partial charge is 0.290 e. The first kappa shape index (κ1) is 17.5. The van der Waals surface area contributed by atoms with Gasteiger partial charge in [0.1, 0.15) is 11.3 Å². The van der Waals surface area contributed by atoms with Gasteiger partial charge in [-0.25, -0.2) is 0 Å². The van der Waals surface area contributed by atoms with Crippen LogP contribution in [-0.4, -0.2) is 16.1 Å². The van der Waals surface area contributed by atoms with Crippen molar-refractivity contribution in [1.29, 1.82) is 0 Å². The summed E-state index contributed by atoms with van der Waals surface area (Å²) in [6.45, 7) is 6.54. The van der Waals surface area contributed by atoms with E-state index < -0.39 is 5.91 Å². The van der Waals surface area contributed by atoms with Crippen molar-refractivity contribution in [2.75, 3.05) is 0 Å². The maximum atomic E-state index is 11.7. The third-order valence-electron chi connectivity index (χ3n) is 4.42. The number of pyridine rings is 1. The van der Waals surface area contributed by atoms with Crippen LogP contribution in [0.5, 0.6) is 0 Å². The molecule has 0 unspecified atom stereocenters. The molecule has 1 aromatic carbocycles. The Morgan fingerprint density at radius 3 is 2.48 bits per heavy atom. The van der Waals surface area contributed by atoms with Crippen LogP contribution < -0.4 is 5.32 Å². The van der Waals surface area contributed by atoms with Gasteiger partial charge in [-0.3, -0.25) is 19.9 Å². The Bertz CT molecular complexity index is 1090. The standard InChI is InChI=1S/C21H18N2O3S/c1-21(2,3)14-6-4-12(5-7-14)16-11-22-10-13-8-15(26-18(13)16)9-17-19(24)23-20(25)27-17/h4-11H,1-3H3,(H,23,24,25)/b17-9-. The Morgan fingerprint density at radius 1 is 1.11 bits per heavy atom. The number of imide groups is 1. The third kappa shape index (κ3) is 3.40. The average molecular weight is 378 g/mol. The monoisotopic (exact) mass is 378 g/mol. The molecule has 0 bridgehead atoms. The second-order valence-electron chi connectivity index (χ2n) is 7.43. The molecule has 0 atom stereocenters. The first-order valence-corrected chi connectivity index (χ1v) is 9.36. The maximum absolute atomic E-state index is 11.7. The van der Waals surface area contributed by atoms with Gasteiger partial charge in [0.15, 0.2) is 0 Å². The van der Waals surface area contributed by atoms with E-state index in [0.29, 0.717) is 16.2 Å². The van der Waals surface area contributed by atoms with Crippen molar-refractivity contribution in [3.63, 3.8) is 0 Å². The predicted molar refractivity (Wildman–Crippen MR) is 107 cm³/mol. The van der Waals surface area contributed by atoms with Gasteiger partial charge < -0.3 is 4.42 Å². The lowest BCUT2D eigenvalue weighted by Crippen LogP contribution is -2.17. The SMILES string of the molecule is CC(C)(C)c1ccc(-c2cncc3cc(/C=C4\SC(=O)NC4=O)oc23)cc1. The summed E-state index contributed by atoms with van der Waals surface area (Å²) in [4.78, 5) is 27.7. The molecule has 1 aliphatic rings. The zero-order valence-electron chi connectivity index (χ0n) is 15.2. The fraction of sp³-hybridized carbons (Fsp3) is 0.190. The van der Waals surface area contributed by atoms with Crippen LogP contribution in [0.3, 0.4) is 0 Å². The van der Waals surface area contributed by atoms with Gasteiger partial charge in [0, 0.05) is 29.4 Å². The number of nitrogens with zero attached hydrogens (tertiary/aromatic N) is 1. The van der Waals surface area contributed by atoms with E-state index in [0.717, 1.165) is 28.3 Å². The fourth-order valence-corrected chi connectivity index (χ4v) is 3.62. The second-order valence-corrected chi connectivity index (χ2v) is 8.45. The van der Waals surface area contributed by atoms with Gasteiger partial charge in [-0.1, -0.05) is 45.0 Å². The molecule has 1 fully saturated rings. The molecule has 5 nitrogen and oxygen atoms in total. The minimum Gasteiger partial charge on any atom is -0.456 e. The fourth-order valence-electron chi connectivity index (χ4n) is 2.96. The number of carbonyl (C=O) groups is 2. The number of fused-ring (bicyclic) bond motifs is 1. The van der Waals surface area contributed by atoms with E-state index in [9.17, 15) is 9.59 Å². The third-order valence-corrected chi connectivity index (χ3v) is 5.23. The summed E-state index contributed by atoms with van der Waals surface area (Å²) in [6.07, 6.45) is 5.08. The molecular formula is C21H18N2O3S. The van der Waals surface area contributed by atoms with Crippen molar-refractivity contribution in [3.05, 3.63) is 59.0 Å². The quantitative estimate of drug-likeness (QED) is 0.627. The second kappa shape index (κ2) is 6.39. The van der Waals surface area contributed by atoms with E-state index in [2.05, 4.69) is 55.3 Å². The Kier molecular flexibility index (Phi) is 4.15. The molecule has 1 aliphatic heterocycles. The Balaban J connectivity index is 1.75. The normalized spacial score (nSPS) is 16.3. The zero-order valence-corrected chi connectivity index (χ0v) is 16.0. The molecule has 136 valence electrons. The summed E-state index contributed by atoms with van der Waals surface area (Å²) >= 11 is 0.869. The van der Waals surface area contributed by atoms with Crippen molar-refractivity contribution in [1.82, 2.24) is 10.3 Å². The molecule has 0 aliphatic carbocycles. The average Bonchev–Trinajstić information content (AvgIpc) is 3.16. The lowest BCUT2D eigenvalue weighted by molar-refractivity contribution is -0.115. The first-order valence-electron chi connectivity index (χ1n) is 8.54. The first-order chi connectivity index (χ1) is 12.8. The lowest BCUT2D eigenvalue weighted by atomic mass is 9.86. The zero-order chi connectivity index (χ0) is 19.2. The highest BCUT2D eigenvalue weighted by Gasteiger charge is 2.25. The molecular weight excluding hydrogens is 360 g/mol. The van der Waals surface area contributed by atoms with Gasteiger partial charge in [0.25, 0.3) is 11.1 Å². The topological polar surface area (TPSA) is 72.2 Å². The highest BCUT2D eigenvalue weighted by Crippen LogP contribution is 2.33. The van der Waals surface area contributed by atoms with Crippen LogP contribution in [0.4, 0.5) is 4.79 Å². The van der Waals surface area contributed by atoms with E-state index in [4.69, 9.17) is 4.42 Å². The number of benzene rings is 1. The van der Waals surface area contributed by atoms with Crippen LogP contribution in [0, 0.1) is 0 Å². The molecule has 2 amide bonds. The highest BCUT2D eigenvalue weighted by atomic mass is 32.2. The number of furan rings is 1. The van der Waals surface area contributed by atoms with Gasteiger partial charge in [-0.15, -0.1) is 0 Å². The van der Waals surface area contributed by atoms with Crippen LogP contribution in [0.2, 0.25) is 0 Å². The van der Waals surface area contributed by atoms with E-state index >= 15 is 0 Å². The Morgan fingerprint density at radius 2 is 1.85 bits per heavy atom. The van der Waals surface area contributed by atoms with Crippen molar-refractivity contribution in [2.45, 2.75) is 26.2 Å². The minimum absolute atomic E-state index is 0.0871. The van der Waals surface area contributed by atoms with E-state index in [1.54, 1.807) is 18.5 Å². The number of hydrogen-bond donors (Lipinski definition) is 1. The van der Waals surface area contributed by atoms with Crippen LogP contribution in [0.25, 0.3) is 28.2 Å². The van der Waals surface area contributed by atoms with Crippen molar-refractivity contribution in [3.8, 4) is 11.1 Å². The largest absolute Gasteiger partial charge is 0.456 e. The molecule has 1 N–H and O–H groups in total. The van der Waals surface area contributed by atoms with E-state index in [1.165, 1.54) is 5.56 Å². The molecule has 3 heterocycles. The van der Waals surface area contributed by atoms with Crippen LogP contribution in [0.15, 0.2) is 52.0 Å². The summed E-state index contributed by atoms with van der Waals surface area (Å²) < 4.78 is 5.98. The van der Waals surface area contributed by atoms with Crippen LogP contribution in [-0.2, 0) is 10.2 Å². The van der Waals surface area contributed by atoms with Crippen LogP contribution in [0.1, 0.15) is 32.1 Å². The lowest BCUT2D eigenvalue weighted by Gasteiger charge is -2.19. The van der Waals surface area contributed by atoms with Crippen molar-refractivity contribution < 1.29 is 14.0 Å². The minimum atomic E-state index is -0.401. The molecule has 27 heavy (non-hydrogen) atoms.